The van der Waals surface area contributed by atoms with Gasteiger partial charge in [-0.05, 0) is 43.3 Å². The molecule has 152 valence electrons. The summed E-state index contributed by atoms with van der Waals surface area (Å²) in [5.74, 6) is -0.362. The average Bonchev–Trinajstić information content (AvgIpc) is 3.20. The Bertz CT molecular complexity index is 1430. The number of hydrogen-bond acceptors (Lipinski definition) is 4. The largest absolute Gasteiger partial charge is 0.462 e. The summed E-state index contributed by atoms with van der Waals surface area (Å²) in [5.41, 5.74) is 4.72. The van der Waals surface area contributed by atoms with Gasteiger partial charge in [0.15, 0.2) is 0 Å². The minimum Gasteiger partial charge on any atom is -0.462 e. The molecular weight excluding hydrogens is 410 g/mol. The molecule has 0 spiro atoms. The van der Waals surface area contributed by atoms with E-state index in [0.29, 0.717) is 17.2 Å². The summed E-state index contributed by atoms with van der Waals surface area (Å²) in [5, 5.41) is 7.26. The molecule has 5 aromatic rings. The van der Waals surface area contributed by atoms with Gasteiger partial charge < -0.3 is 4.74 Å². The molecule has 0 aliphatic carbocycles. The highest BCUT2D eigenvalue weighted by Gasteiger charge is 2.18. The number of esters is 1. The first-order valence-corrected chi connectivity index (χ1v) is 10.3. The molecule has 0 amide bonds. The molecule has 0 N–H and O–H groups in total. The molecule has 2 aromatic heterocycles. The molecule has 0 saturated carbocycles. The van der Waals surface area contributed by atoms with Crippen molar-refractivity contribution >= 4 is 39.4 Å². The van der Waals surface area contributed by atoms with Crippen LogP contribution in [0.15, 0.2) is 79.0 Å². The standard InChI is InChI=1S/C25H18ClN3O2/c1-2-31-25(30)17-11-12-22-20(13-17)24-21(15-27-22)23(16-7-4-3-5-8-16)28-29(24)19-10-6-9-18(26)14-19/h3-15H,2H2,1H3. The van der Waals surface area contributed by atoms with E-state index >= 15 is 0 Å². The Morgan fingerprint density at radius 3 is 2.61 bits per heavy atom. The SMILES string of the molecule is CCOC(=O)c1ccc2ncc3c(-c4ccccc4)nn(-c4cccc(Cl)c4)c3c2c1. The van der Waals surface area contributed by atoms with Crippen LogP contribution in [0.3, 0.4) is 0 Å². The van der Waals surface area contributed by atoms with Crippen LogP contribution in [0, 0.1) is 0 Å². The summed E-state index contributed by atoms with van der Waals surface area (Å²) < 4.78 is 7.06. The predicted molar refractivity (Wildman–Crippen MR) is 123 cm³/mol. The van der Waals surface area contributed by atoms with Gasteiger partial charge in [0.25, 0.3) is 0 Å². The van der Waals surface area contributed by atoms with E-state index in [-0.39, 0.29) is 5.97 Å². The van der Waals surface area contributed by atoms with E-state index in [1.54, 1.807) is 13.0 Å². The van der Waals surface area contributed by atoms with Crippen LogP contribution < -0.4 is 0 Å². The highest BCUT2D eigenvalue weighted by atomic mass is 35.5. The maximum absolute atomic E-state index is 12.4. The van der Waals surface area contributed by atoms with E-state index in [4.69, 9.17) is 21.4 Å². The van der Waals surface area contributed by atoms with Crippen LogP contribution in [0.2, 0.25) is 5.02 Å². The second-order valence-electron chi connectivity index (χ2n) is 7.08. The average molecular weight is 428 g/mol. The van der Waals surface area contributed by atoms with E-state index in [2.05, 4.69) is 4.98 Å². The minimum atomic E-state index is -0.362. The smallest absolute Gasteiger partial charge is 0.338 e. The van der Waals surface area contributed by atoms with Crippen LogP contribution in [0.4, 0.5) is 0 Å². The third-order valence-corrected chi connectivity index (χ3v) is 5.35. The molecule has 3 aromatic carbocycles. The van der Waals surface area contributed by atoms with Gasteiger partial charge in [-0.3, -0.25) is 4.98 Å². The number of hydrogen-bond donors (Lipinski definition) is 0. The van der Waals surface area contributed by atoms with Gasteiger partial charge in [0, 0.05) is 27.6 Å². The number of nitrogens with zero attached hydrogens (tertiary/aromatic N) is 3. The van der Waals surface area contributed by atoms with Crippen LogP contribution in [-0.4, -0.2) is 27.3 Å². The maximum atomic E-state index is 12.4. The molecule has 0 fully saturated rings. The normalized spacial score (nSPS) is 11.2. The van der Waals surface area contributed by atoms with Crippen molar-refractivity contribution in [2.75, 3.05) is 6.61 Å². The van der Waals surface area contributed by atoms with Gasteiger partial charge in [-0.25, -0.2) is 9.48 Å². The van der Waals surface area contributed by atoms with Gasteiger partial charge in [0.05, 0.1) is 28.9 Å². The first-order valence-electron chi connectivity index (χ1n) is 9.95. The molecule has 0 saturated heterocycles. The van der Waals surface area contributed by atoms with Crippen molar-refractivity contribution in [3.63, 3.8) is 0 Å². The lowest BCUT2D eigenvalue weighted by molar-refractivity contribution is 0.0526. The fraction of sp³-hybridized carbons (Fsp3) is 0.0800. The summed E-state index contributed by atoms with van der Waals surface area (Å²) in [4.78, 5) is 17.0. The molecule has 0 atom stereocenters. The predicted octanol–water partition coefficient (Wildman–Crippen LogP) is 6.07. The topological polar surface area (TPSA) is 57.0 Å². The van der Waals surface area contributed by atoms with Crippen molar-refractivity contribution < 1.29 is 9.53 Å². The lowest BCUT2D eigenvalue weighted by atomic mass is 10.1. The van der Waals surface area contributed by atoms with Gasteiger partial charge in [0.1, 0.15) is 5.69 Å². The van der Waals surface area contributed by atoms with Crippen LogP contribution in [-0.2, 0) is 4.74 Å². The number of ether oxygens (including phenoxy) is 1. The number of carbonyl (C=O) groups excluding carboxylic acids is 1. The summed E-state index contributed by atoms with van der Waals surface area (Å²) in [7, 11) is 0. The summed E-state index contributed by atoms with van der Waals surface area (Å²) >= 11 is 6.27. The molecule has 6 heteroatoms. The number of aromatic nitrogens is 3. The lowest BCUT2D eigenvalue weighted by Gasteiger charge is -2.08. The molecule has 5 nitrogen and oxygen atoms in total. The van der Waals surface area contributed by atoms with Gasteiger partial charge in [-0.2, -0.15) is 5.10 Å². The molecule has 0 unspecified atom stereocenters. The van der Waals surface area contributed by atoms with Gasteiger partial charge in [-0.15, -0.1) is 0 Å². The van der Waals surface area contributed by atoms with E-state index in [1.165, 1.54) is 0 Å². The van der Waals surface area contributed by atoms with Crippen LogP contribution >= 0.6 is 11.6 Å². The third-order valence-electron chi connectivity index (χ3n) is 5.12. The van der Waals surface area contributed by atoms with Crippen LogP contribution in [0.25, 0.3) is 38.8 Å². The molecule has 0 bridgehead atoms. The van der Waals surface area contributed by atoms with Crippen molar-refractivity contribution in [1.29, 1.82) is 0 Å². The Balaban J connectivity index is 1.86. The highest BCUT2D eigenvalue weighted by Crippen LogP contribution is 2.34. The summed E-state index contributed by atoms with van der Waals surface area (Å²) in [6, 6.07) is 22.9. The van der Waals surface area contributed by atoms with Crippen LogP contribution in [0.5, 0.6) is 0 Å². The number of fused-ring (bicyclic) bond motifs is 3. The summed E-state index contributed by atoms with van der Waals surface area (Å²) in [6.07, 6.45) is 1.83. The summed E-state index contributed by atoms with van der Waals surface area (Å²) in [6.45, 7) is 2.11. The van der Waals surface area contributed by atoms with Crippen molar-refractivity contribution in [2.24, 2.45) is 0 Å². The van der Waals surface area contributed by atoms with Crippen LogP contribution in [0.1, 0.15) is 17.3 Å². The number of halogens is 1. The Kier molecular flexibility index (Phi) is 4.88. The number of pyridine rings is 1. The third kappa shape index (κ3) is 3.43. The first kappa shape index (κ1) is 19.3. The van der Waals surface area contributed by atoms with Gasteiger partial charge in [-0.1, -0.05) is 48.0 Å². The molecule has 2 heterocycles. The molecule has 0 aliphatic rings. The maximum Gasteiger partial charge on any atom is 0.338 e. The fourth-order valence-electron chi connectivity index (χ4n) is 3.73. The zero-order valence-corrected chi connectivity index (χ0v) is 17.5. The number of benzene rings is 3. The Hall–Kier alpha value is -3.70. The second kappa shape index (κ2) is 7.85. The van der Waals surface area contributed by atoms with Gasteiger partial charge in [0.2, 0.25) is 0 Å². The van der Waals surface area contributed by atoms with E-state index < -0.39 is 0 Å². The van der Waals surface area contributed by atoms with Gasteiger partial charge >= 0.3 is 5.97 Å². The Morgan fingerprint density at radius 2 is 1.84 bits per heavy atom. The van der Waals surface area contributed by atoms with E-state index in [1.807, 2.05) is 77.6 Å². The monoisotopic (exact) mass is 427 g/mol. The van der Waals surface area contributed by atoms with E-state index in [9.17, 15) is 4.79 Å². The van der Waals surface area contributed by atoms with E-state index in [0.717, 1.165) is 38.8 Å². The zero-order valence-electron chi connectivity index (χ0n) is 16.7. The van der Waals surface area contributed by atoms with Crippen molar-refractivity contribution in [2.45, 2.75) is 6.92 Å². The molecular formula is C25H18ClN3O2. The number of rotatable bonds is 4. The van der Waals surface area contributed by atoms with Crippen molar-refractivity contribution in [3.8, 4) is 16.9 Å². The van der Waals surface area contributed by atoms with Crippen molar-refractivity contribution in [3.05, 3.63) is 89.6 Å². The molecule has 31 heavy (non-hydrogen) atoms. The highest BCUT2D eigenvalue weighted by molar-refractivity contribution is 6.30. The lowest BCUT2D eigenvalue weighted by Crippen LogP contribution is -2.04. The molecule has 0 aliphatic heterocycles. The molecule has 5 rings (SSSR count). The molecule has 0 radical (unpaired) electrons. The Labute approximate surface area is 183 Å². The quantitative estimate of drug-likeness (QED) is 0.326. The zero-order chi connectivity index (χ0) is 21.4. The minimum absolute atomic E-state index is 0.317. The Morgan fingerprint density at radius 1 is 1.00 bits per heavy atom. The second-order valence-corrected chi connectivity index (χ2v) is 7.52. The first-order chi connectivity index (χ1) is 15.2. The fourth-order valence-corrected chi connectivity index (χ4v) is 3.91. The van der Waals surface area contributed by atoms with Crippen molar-refractivity contribution in [1.82, 2.24) is 14.8 Å². The number of carbonyl (C=O) groups is 1.